The van der Waals surface area contributed by atoms with E-state index in [0.717, 1.165) is 77.9 Å². The van der Waals surface area contributed by atoms with Gasteiger partial charge in [-0.3, -0.25) is 0 Å². The van der Waals surface area contributed by atoms with Crippen LogP contribution in [0.5, 0.6) is 0 Å². The van der Waals surface area contributed by atoms with Gasteiger partial charge < -0.3 is 8.98 Å². The number of aromatic nitrogens is 3. The van der Waals surface area contributed by atoms with Gasteiger partial charge in [-0.15, -0.1) is 0 Å². The van der Waals surface area contributed by atoms with Crippen LogP contribution in [0.2, 0.25) is 0 Å². The summed E-state index contributed by atoms with van der Waals surface area (Å²) >= 11 is 0. The normalized spacial score (nSPS) is 13.1. The minimum Gasteiger partial charge on any atom is -0.456 e. The lowest BCUT2D eigenvalue weighted by Crippen LogP contribution is -2.14. The molecule has 3 heterocycles. The van der Waals surface area contributed by atoms with Gasteiger partial charge in [0.05, 0.1) is 22.4 Å². The van der Waals surface area contributed by atoms with Gasteiger partial charge in [0, 0.05) is 49.3 Å². The Morgan fingerprint density at radius 3 is 1.81 bits per heavy atom. The molecule has 12 rings (SSSR count). The van der Waals surface area contributed by atoms with Crippen LogP contribution in [0.1, 0.15) is 25.0 Å². The average Bonchev–Trinajstić information content (AvgIpc) is 3.91. The summed E-state index contributed by atoms with van der Waals surface area (Å²) in [5.41, 5.74) is 17.3. The Bertz CT molecular complexity index is 3430. The summed E-state index contributed by atoms with van der Waals surface area (Å²) in [6.45, 7) is 4.65. The predicted octanol–water partition coefficient (Wildman–Crippen LogP) is 14.4. The van der Waals surface area contributed by atoms with Crippen LogP contribution in [-0.4, -0.2) is 14.5 Å². The van der Waals surface area contributed by atoms with E-state index >= 15 is 0 Å². The molecule has 0 fully saturated rings. The number of para-hydroxylation sites is 3. The molecule has 3 aromatic heterocycles. The third-order valence-electron chi connectivity index (χ3n) is 12.4. The SMILES string of the molecule is CC1(C)c2ccccc2-c2ccc(-c3cc(-c4cc(-c5ccc6oc7ccccc7c6c5)cc(-n5c6ccccc6c6ccccc65)c4)nc(-c4ccccc4)n3)cc21. The summed E-state index contributed by atoms with van der Waals surface area (Å²) in [6.07, 6.45) is 0. The van der Waals surface area contributed by atoms with Crippen LogP contribution in [0.4, 0.5) is 0 Å². The second-order valence-corrected chi connectivity index (χ2v) is 16.2. The molecule has 0 unspecified atom stereocenters. The van der Waals surface area contributed by atoms with E-state index in [4.69, 9.17) is 14.4 Å². The van der Waals surface area contributed by atoms with Gasteiger partial charge in [0.15, 0.2) is 5.82 Å². The van der Waals surface area contributed by atoms with Gasteiger partial charge in [-0.05, 0) is 94.0 Å². The summed E-state index contributed by atoms with van der Waals surface area (Å²) in [6, 6.07) is 67.2. The maximum atomic E-state index is 6.26. The number of benzene rings is 8. The molecule has 1 aliphatic rings. The lowest BCUT2D eigenvalue weighted by molar-refractivity contribution is 0.660. The van der Waals surface area contributed by atoms with Gasteiger partial charge >= 0.3 is 0 Å². The molecule has 0 radical (unpaired) electrons. The topological polar surface area (TPSA) is 43.9 Å². The van der Waals surface area contributed by atoms with E-state index < -0.39 is 0 Å². The number of rotatable bonds is 5. The Balaban J connectivity index is 1.11. The Kier molecular flexibility index (Phi) is 7.24. The molecule has 278 valence electrons. The van der Waals surface area contributed by atoms with Crippen LogP contribution in [-0.2, 0) is 5.41 Å². The highest BCUT2D eigenvalue weighted by Gasteiger charge is 2.35. The number of hydrogen-bond donors (Lipinski definition) is 0. The Morgan fingerprint density at radius 2 is 1.02 bits per heavy atom. The van der Waals surface area contributed by atoms with Crippen molar-refractivity contribution in [2.24, 2.45) is 0 Å². The van der Waals surface area contributed by atoms with Gasteiger partial charge in [-0.25, -0.2) is 9.97 Å². The van der Waals surface area contributed by atoms with Crippen LogP contribution in [0.15, 0.2) is 192 Å². The minimum absolute atomic E-state index is 0.132. The highest BCUT2D eigenvalue weighted by atomic mass is 16.3. The number of hydrogen-bond acceptors (Lipinski definition) is 3. The van der Waals surface area contributed by atoms with E-state index in [0.29, 0.717) is 5.82 Å². The van der Waals surface area contributed by atoms with Crippen molar-refractivity contribution in [1.29, 1.82) is 0 Å². The maximum Gasteiger partial charge on any atom is 0.160 e. The van der Waals surface area contributed by atoms with E-state index in [2.05, 4.69) is 188 Å². The number of furan rings is 1. The number of nitrogens with zero attached hydrogens (tertiary/aromatic N) is 3. The zero-order chi connectivity index (χ0) is 39.2. The smallest absolute Gasteiger partial charge is 0.160 e. The largest absolute Gasteiger partial charge is 0.456 e. The maximum absolute atomic E-state index is 6.26. The Hall–Kier alpha value is -7.56. The van der Waals surface area contributed by atoms with Crippen molar-refractivity contribution < 1.29 is 4.42 Å². The molecular weight excluding hydrogens is 719 g/mol. The van der Waals surface area contributed by atoms with Gasteiger partial charge in [0.2, 0.25) is 0 Å². The second kappa shape index (κ2) is 12.7. The summed E-state index contributed by atoms with van der Waals surface area (Å²) in [7, 11) is 0. The van der Waals surface area contributed by atoms with Crippen LogP contribution in [0, 0.1) is 0 Å². The first kappa shape index (κ1) is 33.6. The summed E-state index contributed by atoms with van der Waals surface area (Å²) in [5.74, 6) is 0.691. The molecule has 0 spiro atoms. The fraction of sp³-hybridized carbons (Fsp3) is 0.0545. The van der Waals surface area contributed by atoms with Crippen molar-refractivity contribution in [3.8, 4) is 61.8 Å². The summed E-state index contributed by atoms with van der Waals surface area (Å²) < 4.78 is 8.66. The quantitative estimate of drug-likeness (QED) is 0.176. The summed E-state index contributed by atoms with van der Waals surface area (Å²) in [4.78, 5) is 10.6. The van der Waals surface area contributed by atoms with Crippen LogP contribution in [0.3, 0.4) is 0 Å². The molecule has 0 saturated carbocycles. The van der Waals surface area contributed by atoms with E-state index in [1.165, 1.54) is 33.0 Å². The van der Waals surface area contributed by atoms with Gasteiger partial charge in [0.1, 0.15) is 11.2 Å². The molecule has 0 amide bonds. The van der Waals surface area contributed by atoms with Crippen molar-refractivity contribution >= 4 is 43.7 Å². The third kappa shape index (κ3) is 5.23. The Morgan fingerprint density at radius 1 is 0.407 bits per heavy atom. The lowest BCUT2D eigenvalue weighted by atomic mass is 9.82. The molecule has 8 aromatic carbocycles. The predicted molar refractivity (Wildman–Crippen MR) is 243 cm³/mol. The zero-order valence-electron chi connectivity index (χ0n) is 32.6. The third-order valence-corrected chi connectivity index (χ3v) is 12.4. The van der Waals surface area contributed by atoms with Crippen molar-refractivity contribution in [1.82, 2.24) is 14.5 Å². The molecule has 11 aromatic rings. The van der Waals surface area contributed by atoms with E-state index in [1.54, 1.807) is 0 Å². The molecule has 59 heavy (non-hydrogen) atoms. The molecule has 0 N–H and O–H groups in total. The number of fused-ring (bicyclic) bond motifs is 9. The fourth-order valence-electron chi connectivity index (χ4n) is 9.48. The van der Waals surface area contributed by atoms with Crippen LogP contribution < -0.4 is 0 Å². The fourth-order valence-corrected chi connectivity index (χ4v) is 9.48. The molecule has 0 aliphatic heterocycles. The lowest BCUT2D eigenvalue weighted by Gasteiger charge is -2.22. The van der Waals surface area contributed by atoms with Crippen LogP contribution >= 0.6 is 0 Å². The van der Waals surface area contributed by atoms with E-state index in [9.17, 15) is 0 Å². The molecular formula is C55H37N3O. The van der Waals surface area contributed by atoms with Gasteiger partial charge in [-0.1, -0.05) is 141 Å². The molecule has 4 nitrogen and oxygen atoms in total. The minimum atomic E-state index is -0.132. The first-order chi connectivity index (χ1) is 29.0. The molecule has 1 aliphatic carbocycles. The van der Waals surface area contributed by atoms with Crippen molar-refractivity contribution in [2.45, 2.75) is 19.3 Å². The van der Waals surface area contributed by atoms with Crippen molar-refractivity contribution in [3.05, 3.63) is 199 Å². The molecule has 0 bridgehead atoms. The molecule has 4 heteroatoms. The standard InChI is InChI=1S/C55H37N3O/c1-55(2)46-20-10-6-16-40(46)41-26-24-36(32-47(41)55)48-33-49(57-54(56-48)34-14-4-3-5-15-34)38-28-37(35-25-27-53-45(31-35)44-19-9-13-23-52(44)59-53)29-39(30-38)58-50-21-11-7-17-42(50)43-18-8-12-22-51(43)58/h3-33H,1-2H3. The van der Waals surface area contributed by atoms with E-state index in [1.807, 2.05) is 18.2 Å². The van der Waals surface area contributed by atoms with Gasteiger partial charge in [-0.2, -0.15) is 0 Å². The van der Waals surface area contributed by atoms with Crippen LogP contribution in [0.25, 0.3) is 106 Å². The first-order valence-electron chi connectivity index (χ1n) is 20.2. The molecule has 0 atom stereocenters. The van der Waals surface area contributed by atoms with E-state index in [-0.39, 0.29) is 5.41 Å². The highest BCUT2D eigenvalue weighted by Crippen LogP contribution is 2.49. The zero-order valence-corrected chi connectivity index (χ0v) is 32.6. The Labute approximate surface area is 341 Å². The monoisotopic (exact) mass is 755 g/mol. The second-order valence-electron chi connectivity index (χ2n) is 16.2. The summed E-state index contributed by atoms with van der Waals surface area (Å²) in [5, 5.41) is 4.65. The highest BCUT2D eigenvalue weighted by molar-refractivity contribution is 6.10. The van der Waals surface area contributed by atoms with Gasteiger partial charge in [0.25, 0.3) is 0 Å². The average molecular weight is 756 g/mol. The van der Waals surface area contributed by atoms with Crippen molar-refractivity contribution in [2.75, 3.05) is 0 Å². The molecule has 0 saturated heterocycles. The van der Waals surface area contributed by atoms with Crippen molar-refractivity contribution in [3.63, 3.8) is 0 Å². The first-order valence-corrected chi connectivity index (χ1v) is 20.2.